The van der Waals surface area contributed by atoms with Crippen LogP contribution >= 0.6 is 11.3 Å². The van der Waals surface area contributed by atoms with Crippen molar-refractivity contribution in [2.75, 3.05) is 16.0 Å². The average molecular weight is 1470 g/mol. The molecule has 4 aliphatic rings. The fraction of sp³-hybridized carbons (Fsp3) is 0.408. The molecule has 7 N–H and O–H groups in total. The number of nitrogens with zero attached hydrogens (tertiary/aromatic N) is 9. The first kappa shape index (κ1) is 76.1. The molecule has 6 amide bonds. The van der Waals surface area contributed by atoms with Crippen molar-refractivity contribution in [1.82, 2.24) is 65.4 Å². The van der Waals surface area contributed by atoms with Gasteiger partial charge in [0.05, 0.1) is 39.3 Å². The highest BCUT2D eigenvalue weighted by molar-refractivity contribution is 7.09. The van der Waals surface area contributed by atoms with E-state index in [9.17, 15) is 56.3 Å². The minimum Gasteiger partial charge on any atom is -0.344 e. The van der Waals surface area contributed by atoms with Crippen molar-refractivity contribution in [3.05, 3.63) is 190 Å². The summed E-state index contributed by atoms with van der Waals surface area (Å²) in [5.41, 5.74) is 5.22. The summed E-state index contributed by atoms with van der Waals surface area (Å²) in [6.07, 6.45) is 11.3. The summed E-state index contributed by atoms with van der Waals surface area (Å²) in [5.74, 6) is -5.23. The highest BCUT2D eigenvalue weighted by Gasteiger charge is 2.47. The van der Waals surface area contributed by atoms with Crippen molar-refractivity contribution in [1.29, 1.82) is 0 Å². The van der Waals surface area contributed by atoms with Crippen LogP contribution in [0.1, 0.15) is 237 Å². The first-order valence-corrected chi connectivity index (χ1v) is 36.0. The van der Waals surface area contributed by atoms with E-state index >= 15 is 0 Å². The van der Waals surface area contributed by atoms with Crippen LogP contribution in [0.4, 0.5) is 30.2 Å². The number of halogens is 3. The molecular formula is C76H85F3N16O10S. The molecule has 26 nitrogen and oxygen atoms in total. The molecule has 3 aromatic carbocycles. The molecular weight excluding hydrogens is 1390 g/mol. The molecule has 0 atom stereocenters. The zero-order chi connectivity index (χ0) is 76.6. The molecule has 6 heterocycles. The van der Waals surface area contributed by atoms with Crippen molar-refractivity contribution in [3.8, 4) is 0 Å². The smallest absolute Gasteiger partial charge is 0.294 e. The molecule has 6 aromatic heterocycles. The number of tetrazole rings is 1. The van der Waals surface area contributed by atoms with Gasteiger partial charge in [0.2, 0.25) is 5.89 Å². The number of carbonyl (C=O) groups is 9. The summed E-state index contributed by atoms with van der Waals surface area (Å²) >= 11 is 1.50. The summed E-state index contributed by atoms with van der Waals surface area (Å²) in [5, 5.41) is 38.0. The molecule has 0 saturated heterocycles. The number of hydrogen-bond donors (Lipinski definition) is 7. The zero-order valence-corrected chi connectivity index (χ0v) is 62.2. The second-order valence-corrected chi connectivity index (χ2v) is 29.1. The molecule has 4 aliphatic carbocycles. The van der Waals surface area contributed by atoms with Crippen LogP contribution in [-0.2, 0) is 52.1 Å². The van der Waals surface area contributed by atoms with Gasteiger partial charge in [0.15, 0.2) is 11.6 Å². The third-order valence-electron chi connectivity index (χ3n) is 21.0. The van der Waals surface area contributed by atoms with E-state index in [0.29, 0.717) is 122 Å². The lowest BCUT2D eigenvalue weighted by Gasteiger charge is -2.27. The number of hydrogen-bond acceptors (Lipinski definition) is 17. The minimum atomic E-state index is -0.853. The van der Waals surface area contributed by atoms with Gasteiger partial charge in [-0.3, -0.25) is 43.2 Å². The molecule has 4 fully saturated rings. The first-order valence-electron chi connectivity index (χ1n) is 35.1. The molecule has 9 aromatic rings. The van der Waals surface area contributed by atoms with E-state index < -0.39 is 69.4 Å². The summed E-state index contributed by atoms with van der Waals surface area (Å²) in [7, 11) is 4.94. The number of ketones is 3. The highest BCUT2D eigenvalue weighted by Crippen LogP contribution is 2.44. The lowest BCUT2D eigenvalue weighted by Crippen LogP contribution is -2.47. The number of H-pyrrole nitrogens is 1. The maximum absolute atomic E-state index is 13.6. The van der Waals surface area contributed by atoms with Crippen LogP contribution in [0, 0.1) is 86.7 Å². The van der Waals surface area contributed by atoms with E-state index in [2.05, 4.69) is 67.6 Å². The number of rotatable bonds is 19. The summed E-state index contributed by atoms with van der Waals surface area (Å²) in [4.78, 5) is 128. The molecule has 0 unspecified atom stereocenters. The average Bonchev–Trinajstić information content (AvgIpc) is 1.62. The molecule has 30 heteroatoms. The van der Waals surface area contributed by atoms with Gasteiger partial charge in [0, 0.05) is 72.3 Å². The first-order chi connectivity index (χ1) is 50.3. The Hall–Kier alpha value is -11.0. The van der Waals surface area contributed by atoms with Gasteiger partial charge in [-0.1, -0.05) is 48.9 Å². The fourth-order valence-corrected chi connectivity index (χ4v) is 15.8. The number of carbonyl (C=O) groups excluding carboxylic acids is 9. The topological polar surface area (TPSA) is 347 Å². The molecule has 0 spiro atoms. The van der Waals surface area contributed by atoms with Gasteiger partial charge in [-0.05, 0) is 209 Å². The van der Waals surface area contributed by atoms with Crippen LogP contribution in [0.5, 0.6) is 0 Å². The van der Waals surface area contributed by atoms with Gasteiger partial charge in [-0.2, -0.15) is 10.2 Å². The van der Waals surface area contributed by atoms with Crippen molar-refractivity contribution < 1.29 is 60.8 Å². The molecule has 0 radical (unpaired) electrons. The van der Waals surface area contributed by atoms with Crippen LogP contribution in [0.3, 0.4) is 0 Å². The second kappa shape index (κ2) is 30.6. The van der Waals surface area contributed by atoms with Crippen molar-refractivity contribution in [2.45, 2.75) is 182 Å². The third kappa shape index (κ3) is 15.1. The van der Waals surface area contributed by atoms with E-state index in [-0.39, 0.29) is 46.0 Å². The maximum Gasteiger partial charge on any atom is 0.294 e. The van der Waals surface area contributed by atoms with Crippen LogP contribution in [0.15, 0.2) is 64.5 Å². The van der Waals surface area contributed by atoms with E-state index in [1.165, 1.54) is 64.4 Å². The Morgan fingerprint density at radius 3 is 1.16 bits per heavy atom. The number of Topliss-reactive ketones (excluding diaryl/α,β-unsaturated/α-hetero) is 3. The van der Waals surface area contributed by atoms with Crippen LogP contribution in [-0.4, -0.2) is 102 Å². The standard InChI is InChI=1S/C27H30FN5O4.C26H29FN4O3S.C23H26FN7O3/c1-14-13-18(9-10-19(14)28)29-23(35)20-15(2)21(33(4)16(20)3)22(34)24(36)31-27(11-5-6-12-27)26-30-25(37-32-26)17-7-8-17;1-14-12-18(8-9-19(14)27)29-23(33)20-16(3)21(31(5)17(20)4)22(32)24(34)30-26(10-6-7-11-26)25-28-15(2)13-35-25;1-12-11-15(7-8-16(12)24)25-20(33)17-13(2)18(31(4)14(17)3)19(32)21(34)26-23(9-5-6-10-23)22-27-29-30-28-22/h9-10,13,17H,5-8,11-12H2,1-4H3,(H,29,35)(H,31,36);8-9,12-13H,6-7,10-11H2,1-5H3,(H,29,33)(H,30,34);7-8,11H,5-6,9-10H2,1-4H3,(H,25,33)(H,26,34)(H,27,28,29,30). The van der Waals surface area contributed by atoms with Gasteiger partial charge < -0.3 is 50.1 Å². The number of thiazole rings is 1. The summed E-state index contributed by atoms with van der Waals surface area (Å²) < 4.78 is 50.9. The number of anilines is 3. The lowest BCUT2D eigenvalue weighted by atomic mass is 9.95. The quantitative estimate of drug-likeness (QED) is 0.0292. The number of aromatic amines is 1. The van der Waals surface area contributed by atoms with Gasteiger partial charge >= 0.3 is 0 Å². The van der Waals surface area contributed by atoms with E-state index in [1.54, 1.807) is 98.7 Å². The van der Waals surface area contributed by atoms with E-state index in [1.807, 2.05) is 12.3 Å². The number of amides is 6. The van der Waals surface area contributed by atoms with Crippen LogP contribution in [0.2, 0.25) is 0 Å². The van der Waals surface area contributed by atoms with Gasteiger partial charge in [0.1, 0.15) is 33.5 Å². The van der Waals surface area contributed by atoms with Gasteiger partial charge in [0.25, 0.3) is 52.8 Å². The van der Waals surface area contributed by atoms with E-state index in [0.717, 1.165) is 74.9 Å². The number of aryl methyl sites for hydroxylation is 4. The zero-order valence-electron chi connectivity index (χ0n) is 61.4. The lowest BCUT2D eigenvalue weighted by molar-refractivity contribution is -0.119. The van der Waals surface area contributed by atoms with Gasteiger partial charge in [-0.15, -0.1) is 21.5 Å². The Labute approximate surface area is 613 Å². The minimum absolute atomic E-state index is 0.122. The summed E-state index contributed by atoms with van der Waals surface area (Å²) in [6.45, 7) is 16.8. The Bertz CT molecular complexity index is 5000. The second-order valence-electron chi connectivity index (χ2n) is 28.2. The SMILES string of the molecule is Cc1cc(NC(=O)c2c(C)c(C(=O)C(=O)NC3(c4nn[nH]n4)CCCC3)n(C)c2C)ccc1F.Cc1cc(NC(=O)c2c(C)c(C(=O)C(=O)NC3(c4noc(C5CC5)n4)CCCC3)n(C)c2C)ccc1F.Cc1csc(C2(NC(=O)C(=O)c3c(C)c(C(=O)Nc4ccc(F)c(C)c4)c(C)n3C)CCCC2)n1. The Morgan fingerprint density at radius 2 is 0.840 bits per heavy atom. The summed E-state index contributed by atoms with van der Waals surface area (Å²) in [6, 6.07) is 12.9. The molecule has 0 aliphatic heterocycles. The van der Waals surface area contributed by atoms with Crippen molar-refractivity contribution >= 4 is 81.2 Å². The predicted molar refractivity (Wildman–Crippen MR) is 387 cm³/mol. The van der Waals surface area contributed by atoms with Crippen LogP contribution in [0.25, 0.3) is 0 Å². The Morgan fingerprint density at radius 1 is 0.491 bits per heavy atom. The van der Waals surface area contributed by atoms with Crippen LogP contribution < -0.4 is 31.9 Å². The highest BCUT2D eigenvalue weighted by atomic mass is 32.1. The van der Waals surface area contributed by atoms with Gasteiger partial charge in [-0.25, -0.2) is 18.2 Å². The fourth-order valence-electron chi connectivity index (χ4n) is 14.8. The predicted octanol–water partition coefficient (Wildman–Crippen LogP) is 11.9. The molecule has 4 saturated carbocycles. The maximum atomic E-state index is 13.6. The Balaban J connectivity index is 0.000000159. The van der Waals surface area contributed by atoms with Crippen molar-refractivity contribution in [3.63, 3.8) is 0 Å². The molecule has 556 valence electrons. The monoisotopic (exact) mass is 1470 g/mol. The Kier molecular flexibility index (Phi) is 22.0. The number of aromatic nitrogens is 10. The number of nitrogens with one attached hydrogen (secondary N) is 7. The van der Waals surface area contributed by atoms with Crippen molar-refractivity contribution in [2.24, 2.45) is 21.1 Å². The molecule has 0 bridgehead atoms. The molecule has 106 heavy (non-hydrogen) atoms. The van der Waals surface area contributed by atoms with E-state index in [4.69, 9.17) is 4.52 Å². The largest absolute Gasteiger partial charge is 0.344 e. The normalized spacial score (nSPS) is 15.4. The molecule has 13 rings (SSSR count). The number of benzene rings is 3. The third-order valence-corrected chi connectivity index (χ3v) is 22.2.